The van der Waals surface area contributed by atoms with Gasteiger partial charge in [-0.1, -0.05) is 11.6 Å². The first kappa shape index (κ1) is 24.3. The van der Waals surface area contributed by atoms with Gasteiger partial charge in [0.2, 0.25) is 15.9 Å². The van der Waals surface area contributed by atoms with Gasteiger partial charge in [0.15, 0.2) is 0 Å². The largest absolute Gasteiger partial charge is 0.496 e. The van der Waals surface area contributed by atoms with Gasteiger partial charge >= 0.3 is 6.18 Å². The van der Waals surface area contributed by atoms with Gasteiger partial charge in [-0.05, 0) is 61.7 Å². The maximum absolute atomic E-state index is 12.9. The lowest BCUT2D eigenvalue weighted by atomic mass is 9.97. The van der Waals surface area contributed by atoms with Crippen LogP contribution in [0.5, 0.6) is 5.75 Å². The van der Waals surface area contributed by atoms with Gasteiger partial charge in [0.05, 0.1) is 28.3 Å². The van der Waals surface area contributed by atoms with E-state index in [0.29, 0.717) is 11.3 Å². The van der Waals surface area contributed by atoms with Crippen molar-refractivity contribution in [2.45, 2.75) is 30.8 Å². The van der Waals surface area contributed by atoms with Crippen LogP contribution in [0.1, 0.15) is 24.0 Å². The quantitative estimate of drug-likeness (QED) is 0.658. The lowest BCUT2D eigenvalue weighted by Crippen LogP contribution is -2.41. The van der Waals surface area contributed by atoms with Gasteiger partial charge in [0, 0.05) is 19.0 Å². The first-order chi connectivity index (χ1) is 14.9. The van der Waals surface area contributed by atoms with E-state index in [-0.39, 0.29) is 41.5 Å². The van der Waals surface area contributed by atoms with E-state index < -0.39 is 33.6 Å². The summed E-state index contributed by atoms with van der Waals surface area (Å²) in [7, 11) is -2.25. The molecule has 1 fully saturated rings. The average Bonchev–Trinajstić information content (AvgIpc) is 2.74. The Morgan fingerprint density at radius 3 is 2.38 bits per heavy atom. The van der Waals surface area contributed by atoms with Gasteiger partial charge in [-0.3, -0.25) is 4.79 Å². The van der Waals surface area contributed by atoms with Crippen molar-refractivity contribution < 1.29 is 31.1 Å². The monoisotopic (exact) mass is 490 g/mol. The van der Waals surface area contributed by atoms with Crippen molar-refractivity contribution in [2.75, 3.05) is 25.5 Å². The van der Waals surface area contributed by atoms with Crippen molar-refractivity contribution in [1.82, 2.24) is 4.31 Å². The highest BCUT2D eigenvalue weighted by Crippen LogP contribution is 2.34. The number of carbonyl (C=O) groups is 1. The summed E-state index contributed by atoms with van der Waals surface area (Å²) >= 11 is 5.94. The van der Waals surface area contributed by atoms with E-state index in [1.807, 2.05) is 0 Å². The van der Waals surface area contributed by atoms with Crippen LogP contribution in [0.3, 0.4) is 0 Å². The minimum atomic E-state index is -4.57. The molecule has 0 atom stereocenters. The van der Waals surface area contributed by atoms with Crippen molar-refractivity contribution in [3.8, 4) is 5.75 Å². The molecular formula is C21H22ClF3N2O4S. The van der Waals surface area contributed by atoms with Crippen molar-refractivity contribution >= 4 is 33.2 Å². The first-order valence-electron chi connectivity index (χ1n) is 9.76. The number of ether oxygens (including phenoxy) is 1. The second-order valence-corrected chi connectivity index (χ2v) is 9.84. The van der Waals surface area contributed by atoms with Crippen LogP contribution in [-0.2, 0) is 21.0 Å². The Morgan fingerprint density at radius 2 is 1.81 bits per heavy atom. The third kappa shape index (κ3) is 5.19. The number of halogens is 4. The number of rotatable bonds is 5. The lowest BCUT2D eigenvalue weighted by molar-refractivity contribution is -0.137. The number of alkyl halides is 3. The van der Waals surface area contributed by atoms with Crippen LogP contribution >= 0.6 is 11.6 Å². The number of amides is 1. The summed E-state index contributed by atoms with van der Waals surface area (Å²) in [6, 6.07) is 7.28. The fourth-order valence-electron chi connectivity index (χ4n) is 3.55. The molecular weight excluding hydrogens is 469 g/mol. The van der Waals surface area contributed by atoms with Crippen LogP contribution in [0.15, 0.2) is 41.3 Å². The highest BCUT2D eigenvalue weighted by atomic mass is 35.5. The van der Waals surface area contributed by atoms with Gasteiger partial charge < -0.3 is 10.1 Å². The smallest absolute Gasteiger partial charge is 0.416 e. The van der Waals surface area contributed by atoms with Crippen molar-refractivity contribution in [3.63, 3.8) is 0 Å². The normalized spacial score (nSPS) is 16.1. The molecule has 1 saturated heterocycles. The number of anilines is 1. The number of methoxy groups -OCH3 is 1. The number of sulfonamides is 1. The zero-order valence-electron chi connectivity index (χ0n) is 17.4. The number of aryl methyl sites for hydroxylation is 1. The number of carbonyl (C=O) groups excluding carboxylic acids is 1. The van der Waals surface area contributed by atoms with Crippen LogP contribution in [0, 0.1) is 12.8 Å². The summed E-state index contributed by atoms with van der Waals surface area (Å²) in [5.74, 6) is -0.471. The van der Waals surface area contributed by atoms with Crippen LogP contribution in [0.25, 0.3) is 0 Å². The van der Waals surface area contributed by atoms with Crippen LogP contribution in [0.2, 0.25) is 5.02 Å². The Balaban J connectivity index is 1.67. The van der Waals surface area contributed by atoms with E-state index in [1.165, 1.54) is 23.5 Å². The Hall–Kier alpha value is -2.30. The molecule has 174 valence electrons. The van der Waals surface area contributed by atoms with E-state index in [2.05, 4.69) is 5.32 Å². The van der Waals surface area contributed by atoms with Gasteiger partial charge in [-0.2, -0.15) is 17.5 Å². The van der Waals surface area contributed by atoms with Gasteiger partial charge in [-0.15, -0.1) is 0 Å². The third-order valence-electron chi connectivity index (χ3n) is 5.38. The Bertz CT molecular complexity index is 1110. The van der Waals surface area contributed by atoms with E-state index in [0.717, 1.165) is 18.2 Å². The van der Waals surface area contributed by atoms with Crippen LogP contribution in [-0.4, -0.2) is 38.8 Å². The van der Waals surface area contributed by atoms with Crippen molar-refractivity contribution in [1.29, 1.82) is 0 Å². The van der Waals surface area contributed by atoms with Gasteiger partial charge in [-0.25, -0.2) is 8.42 Å². The molecule has 2 aromatic rings. The molecule has 0 radical (unpaired) electrons. The van der Waals surface area contributed by atoms with Crippen molar-refractivity contribution in [3.05, 3.63) is 52.5 Å². The lowest BCUT2D eigenvalue weighted by Gasteiger charge is -2.30. The van der Waals surface area contributed by atoms with E-state index in [9.17, 15) is 26.4 Å². The fraction of sp³-hybridized carbons (Fsp3) is 0.381. The number of nitrogens with one attached hydrogen (secondary N) is 1. The predicted molar refractivity (Wildman–Crippen MR) is 114 cm³/mol. The maximum Gasteiger partial charge on any atom is 0.416 e. The highest BCUT2D eigenvalue weighted by molar-refractivity contribution is 7.89. The molecule has 1 heterocycles. The standard InChI is InChI=1S/C21H22ClF3N2O4S/c1-13-11-16(4-6-19(13)31-2)32(29,30)27-9-7-14(8-10-27)20(28)26-18-12-15(21(23,24)25)3-5-17(18)22/h3-6,11-12,14H,7-10H2,1-2H3,(H,26,28). The molecule has 0 spiro atoms. The molecule has 1 aliphatic rings. The molecule has 1 amide bonds. The number of hydrogen-bond donors (Lipinski definition) is 1. The number of nitrogens with zero attached hydrogens (tertiary/aromatic N) is 1. The van der Waals surface area contributed by atoms with Crippen LogP contribution < -0.4 is 10.1 Å². The topological polar surface area (TPSA) is 75.7 Å². The molecule has 6 nitrogen and oxygen atoms in total. The maximum atomic E-state index is 12.9. The molecule has 0 saturated carbocycles. The molecule has 1 N–H and O–H groups in total. The summed E-state index contributed by atoms with van der Waals surface area (Å²) in [6.07, 6.45) is -4.10. The predicted octanol–water partition coefficient (Wildman–Crippen LogP) is 4.72. The molecule has 3 rings (SSSR count). The summed E-state index contributed by atoms with van der Waals surface area (Å²) in [6.45, 7) is 1.97. The summed E-state index contributed by atoms with van der Waals surface area (Å²) in [5.41, 5.74) is -0.371. The number of hydrogen-bond acceptors (Lipinski definition) is 4. The van der Waals surface area contributed by atoms with Gasteiger partial charge in [0.25, 0.3) is 0 Å². The molecule has 0 aliphatic carbocycles. The summed E-state index contributed by atoms with van der Waals surface area (Å²) < 4.78 is 71.1. The SMILES string of the molecule is COc1ccc(S(=O)(=O)N2CCC(C(=O)Nc3cc(C(F)(F)F)ccc3Cl)CC2)cc1C. The summed E-state index contributed by atoms with van der Waals surface area (Å²) in [5, 5.41) is 2.43. The Kier molecular flexibility index (Phi) is 7.06. The third-order valence-corrected chi connectivity index (χ3v) is 7.60. The van der Waals surface area contributed by atoms with Gasteiger partial charge in [0.1, 0.15) is 5.75 Å². The zero-order valence-corrected chi connectivity index (χ0v) is 18.9. The molecule has 2 aromatic carbocycles. The van der Waals surface area contributed by atoms with Crippen LogP contribution in [0.4, 0.5) is 18.9 Å². The van der Waals surface area contributed by atoms with E-state index in [1.54, 1.807) is 13.0 Å². The second kappa shape index (κ2) is 9.29. The van der Waals surface area contributed by atoms with E-state index >= 15 is 0 Å². The Morgan fingerprint density at radius 1 is 1.16 bits per heavy atom. The number of piperidine rings is 1. The molecule has 1 aliphatic heterocycles. The molecule has 11 heteroatoms. The first-order valence-corrected chi connectivity index (χ1v) is 11.6. The minimum absolute atomic E-state index is 0.0127. The van der Waals surface area contributed by atoms with Crippen molar-refractivity contribution in [2.24, 2.45) is 5.92 Å². The molecule has 32 heavy (non-hydrogen) atoms. The fourth-order valence-corrected chi connectivity index (χ4v) is 5.27. The molecule has 0 unspecified atom stereocenters. The number of benzene rings is 2. The van der Waals surface area contributed by atoms with E-state index in [4.69, 9.17) is 16.3 Å². The zero-order chi connectivity index (χ0) is 23.7. The minimum Gasteiger partial charge on any atom is -0.496 e. The highest BCUT2D eigenvalue weighted by Gasteiger charge is 2.34. The summed E-state index contributed by atoms with van der Waals surface area (Å²) in [4.78, 5) is 12.7. The molecule has 0 aromatic heterocycles. The Labute approximate surface area is 189 Å². The average molecular weight is 491 g/mol. The molecule has 0 bridgehead atoms. The second-order valence-electron chi connectivity index (χ2n) is 7.49.